The number of piperidine rings is 1. The molecule has 4 aliphatic rings. The Kier molecular flexibility index (Phi) is 13.2. The predicted octanol–water partition coefficient (Wildman–Crippen LogP) is 2.21. The predicted molar refractivity (Wildman–Crippen MR) is 206 cm³/mol. The number of aryl methyl sites for hydroxylation is 1. The number of carbonyl (C=O) groups is 7. The molecular formula is C41H50ClFN6O8. The van der Waals surface area contributed by atoms with Crippen molar-refractivity contribution >= 4 is 53.0 Å². The maximum absolute atomic E-state index is 14.7. The average Bonchev–Trinajstić information content (AvgIpc) is 3.83. The third-order valence-corrected chi connectivity index (χ3v) is 11.5. The molecule has 7 atom stereocenters. The monoisotopic (exact) mass is 808 g/mol. The second-order valence-corrected chi connectivity index (χ2v) is 16.2. The SMILES string of the molecule is Cc1cccc(C[C@H](NC(=O)Cc2ccc(Cl)cc2F)C(=O)N[C@H]2COC(=O)[C@@H]3C[C@@H](C)CN3C(=O)[C@H](C)NC(=O)[C@@H]3CCCCN3C(=O)[C@@H]3CCCN3C2=O)c1. The summed E-state index contributed by atoms with van der Waals surface area (Å²) >= 11 is 5.90. The topological polar surface area (TPSA) is 175 Å². The summed E-state index contributed by atoms with van der Waals surface area (Å²) in [7, 11) is 0. The lowest BCUT2D eigenvalue weighted by Gasteiger charge is -2.39. The molecule has 16 heteroatoms. The van der Waals surface area contributed by atoms with Gasteiger partial charge in [0, 0.05) is 31.1 Å². The Balaban J connectivity index is 1.31. The van der Waals surface area contributed by atoms with E-state index >= 15 is 0 Å². The number of halogens is 2. The van der Waals surface area contributed by atoms with Crippen LogP contribution in [0.2, 0.25) is 5.02 Å². The van der Waals surface area contributed by atoms with Crippen LogP contribution < -0.4 is 16.0 Å². The second-order valence-electron chi connectivity index (χ2n) is 15.7. The zero-order valence-corrected chi connectivity index (χ0v) is 33.2. The van der Waals surface area contributed by atoms with Gasteiger partial charge >= 0.3 is 5.97 Å². The number of fused-ring (bicyclic) bond motifs is 3. The third-order valence-electron chi connectivity index (χ3n) is 11.3. The molecule has 0 unspecified atom stereocenters. The summed E-state index contributed by atoms with van der Waals surface area (Å²) in [6, 6.07) is 4.68. The smallest absolute Gasteiger partial charge is 0.328 e. The van der Waals surface area contributed by atoms with Crippen molar-refractivity contribution in [3.8, 4) is 0 Å². The van der Waals surface area contributed by atoms with Crippen LogP contribution in [0.15, 0.2) is 42.5 Å². The number of amides is 6. The van der Waals surface area contributed by atoms with Gasteiger partial charge in [0.05, 0.1) is 6.42 Å². The summed E-state index contributed by atoms with van der Waals surface area (Å²) in [6.45, 7) is 5.39. The first kappa shape index (κ1) is 41.6. The molecule has 0 radical (unpaired) electrons. The maximum atomic E-state index is 14.7. The molecule has 0 bridgehead atoms. The number of nitrogens with zero attached hydrogens (tertiary/aromatic N) is 3. The number of hydrogen-bond donors (Lipinski definition) is 3. The third kappa shape index (κ3) is 9.74. The summed E-state index contributed by atoms with van der Waals surface area (Å²) in [5.41, 5.74) is 1.67. The summed E-state index contributed by atoms with van der Waals surface area (Å²) < 4.78 is 20.4. The fourth-order valence-electron chi connectivity index (χ4n) is 8.36. The number of esters is 1. The van der Waals surface area contributed by atoms with Gasteiger partial charge in [-0.15, -0.1) is 0 Å². The van der Waals surface area contributed by atoms with E-state index in [1.807, 2.05) is 26.0 Å². The maximum Gasteiger partial charge on any atom is 0.328 e. The van der Waals surface area contributed by atoms with Crippen molar-refractivity contribution in [2.24, 2.45) is 5.92 Å². The zero-order valence-electron chi connectivity index (χ0n) is 32.4. The van der Waals surface area contributed by atoms with E-state index in [2.05, 4.69) is 16.0 Å². The molecule has 4 heterocycles. The van der Waals surface area contributed by atoms with E-state index in [4.69, 9.17) is 16.3 Å². The Morgan fingerprint density at radius 1 is 0.912 bits per heavy atom. The highest BCUT2D eigenvalue weighted by atomic mass is 35.5. The van der Waals surface area contributed by atoms with Gasteiger partial charge in [-0.2, -0.15) is 0 Å². The van der Waals surface area contributed by atoms with Crippen LogP contribution in [-0.2, 0) is 51.1 Å². The summed E-state index contributed by atoms with van der Waals surface area (Å²) in [6.07, 6.45) is 2.40. The lowest BCUT2D eigenvalue weighted by atomic mass is 9.99. The van der Waals surface area contributed by atoms with Gasteiger partial charge in [0.1, 0.15) is 48.7 Å². The minimum Gasteiger partial charge on any atom is -0.461 e. The second kappa shape index (κ2) is 18.0. The Labute approximate surface area is 336 Å². The number of rotatable bonds is 7. The Bertz CT molecular complexity index is 1910. The van der Waals surface area contributed by atoms with Gasteiger partial charge in [-0.3, -0.25) is 28.8 Å². The normalized spacial score (nSPS) is 26.5. The van der Waals surface area contributed by atoms with Crippen molar-refractivity contribution in [3.63, 3.8) is 0 Å². The molecule has 306 valence electrons. The lowest BCUT2D eigenvalue weighted by molar-refractivity contribution is -0.158. The van der Waals surface area contributed by atoms with Gasteiger partial charge in [0.25, 0.3) is 0 Å². The first-order valence-electron chi connectivity index (χ1n) is 19.7. The fourth-order valence-corrected chi connectivity index (χ4v) is 8.51. The number of cyclic esters (lactones) is 1. The van der Waals surface area contributed by atoms with Gasteiger partial charge in [-0.05, 0) is 81.5 Å². The van der Waals surface area contributed by atoms with Gasteiger partial charge in [-0.25, -0.2) is 9.18 Å². The van der Waals surface area contributed by atoms with Crippen LogP contribution in [-0.4, -0.2) is 119 Å². The molecule has 2 aromatic rings. The summed E-state index contributed by atoms with van der Waals surface area (Å²) in [5.74, 6) is -5.04. The number of benzene rings is 2. The van der Waals surface area contributed by atoms with Gasteiger partial charge in [0.2, 0.25) is 35.4 Å². The van der Waals surface area contributed by atoms with Crippen LogP contribution in [0.25, 0.3) is 0 Å². The number of ether oxygens (including phenoxy) is 1. The van der Waals surface area contributed by atoms with E-state index in [0.717, 1.165) is 11.6 Å². The molecule has 3 N–H and O–H groups in total. The van der Waals surface area contributed by atoms with E-state index in [-0.39, 0.29) is 42.4 Å². The molecule has 14 nitrogen and oxygen atoms in total. The van der Waals surface area contributed by atoms with E-state index in [9.17, 15) is 38.0 Å². The first-order chi connectivity index (χ1) is 27.2. The number of carbonyl (C=O) groups excluding carboxylic acids is 7. The molecule has 2 aromatic carbocycles. The summed E-state index contributed by atoms with van der Waals surface area (Å²) in [5, 5.41) is 8.33. The van der Waals surface area contributed by atoms with Gasteiger partial charge in [0.15, 0.2) is 0 Å². The molecule has 0 aliphatic carbocycles. The van der Waals surface area contributed by atoms with Gasteiger partial charge < -0.3 is 35.4 Å². The van der Waals surface area contributed by atoms with Crippen LogP contribution in [0.5, 0.6) is 0 Å². The molecule has 4 aliphatic heterocycles. The molecule has 0 saturated carbocycles. The van der Waals surface area contributed by atoms with E-state index in [1.54, 1.807) is 19.1 Å². The van der Waals surface area contributed by atoms with Crippen LogP contribution in [0, 0.1) is 18.7 Å². The van der Waals surface area contributed by atoms with Crippen molar-refractivity contribution < 1.29 is 42.7 Å². The highest BCUT2D eigenvalue weighted by molar-refractivity contribution is 6.30. The molecule has 4 fully saturated rings. The van der Waals surface area contributed by atoms with Crippen molar-refractivity contribution in [2.75, 3.05) is 26.2 Å². The van der Waals surface area contributed by atoms with Gasteiger partial charge in [-0.1, -0.05) is 54.4 Å². The standard InChI is InChI=1S/C41H50ClFN6O8/c1-23-8-6-9-26(16-23)18-30(45-35(50)19-27-12-13-28(42)20-29(27)43)36(51)46-31-22-57-41(56)34-17-24(2)21-49(34)38(53)25(3)44-37(52)32-10-4-5-14-47(32)40(55)33-11-7-15-48(33)39(31)54/h6,8-9,12-13,16,20,24-25,30-34H,4-5,7,10-11,14-15,17-19,21-22H2,1-3H3,(H,44,52)(H,45,50)(H,46,51)/t24-,25+,30+,31+,32+,33+,34+/m1/s1. The van der Waals surface area contributed by atoms with Crippen LogP contribution >= 0.6 is 11.6 Å². The average molecular weight is 809 g/mol. The van der Waals surface area contributed by atoms with E-state index < -0.39 is 96.5 Å². The van der Waals surface area contributed by atoms with Crippen LogP contribution in [0.1, 0.15) is 69.1 Å². The minimum absolute atomic E-state index is 0.00150. The van der Waals surface area contributed by atoms with E-state index in [1.165, 1.54) is 26.8 Å². The Morgan fingerprint density at radius 2 is 1.65 bits per heavy atom. The zero-order chi connectivity index (χ0) is 41.0. The Hall–Kier alpha value is -5.05. The van der Waals surface area contributed by atoms with Crippen molar-refractivity contribution in [2.45, 2.75) is 108 Å². The number of hydrogen-bond acceptors (Lipinski definition) is 8. The molecule has 6 amide bonds. The lowest BCUT2D eigenvalue weighted by Crippen LogP contribution is -2.62. The number of nitrogens with one attached hydrogen (secondary N) is 3. The largest absolute Gasteiger partial charge is 0.461 e. The van der Waals surface area contributed by atoms with E-state index in [0.29, 0.717) is 44.2 Å². The van der Waals surface area contributed by atoms with Crippen LogP contribution in [0.3, 0.4) is 0 Å². The summed E-state index contributed by atoms with van der Waals surface area (Å²) in [4.78, 5) is 102. The molecule has 6 rings (SSSR count). The molecule has 4 saturated heterocycles. The first-order valence-corrected chi connectivity index (χ1v) is 20.1. The van der Waals surface area contributed by atoms with Crippen LogP contribution in [0.4, 0.5) is 4.39 Å². The van der Waals surface area contributed by atoms with Crippen molar-refractivity contribution in [1.29, 1.82) is 0 Å². The highest BCUT2D eigenvalue weighted by Crippen LogP contribution is 2.28. The van der Waals surface area contributed by atoms with Crippen molar-refractivity contribution in [1.82, 2.24) is 30.7 Å². The molecular weight excluding hydrogens is 759 g/mol. The quantitative estimate of drug-likeness (QED) is 0.357. The minimum atomic E-state index is -1.49. The molecule has 57 heavy (non-hydrogen) atoms. The van der Waals surface area contributed by atoms with Crippen molar-refractivity contribution in [3.05, 3.63) is 70.0 Å². The molecule has 0 aromatic heterocycles. The molecule has 0 spiro atoms. The Morgan fingerprint density at radius 3 is 2.40 bits per heavy atom. The fraction of sp³-hybridized carbons (Fsp3) is 0.537. The highest BCUT2D eigenvalue weighted by Gasteiger charge is 2.46.